The van der Waals surface area contributed by atoms with E-state index in [-0.39, 0.29) is 0 Å². The number of hydrogen-bond acceptors (Lipinski definition) is 2. The Hall–Kier alpha value is -1.02. The molecule has 92 valence electrons. The Bertz CT molecular complexity index is 386. The average Bonchev–Trinajstić information content (AvgIpc) is 3.12. The van der Waals surface area contributed by atoms with Gasteiger partial charge in [0.2, 0.25) is 0 Å². The third kappa shape index (κ3) is 2.32. The highest BCUT2D eigenvalue weighted by Gasteiger charge is 2.31. The predicted molar refractivity (Wildman–Crippen MR) is 69.5 cm³/mol. The van der Waals surface area contributed by atoms with Gasteiger partial charge in [0.25, 0.3) is 0 Å². The summed E-state index contributed by atoms with van der Waals surface area (Å²) in [5.41, 5.74) is 1.41. The third-order valence-electron chi connectivity index (χ3n) is 4.19. The van der Waals surface area contributed by atoms with Crippen molar-refractivity contribution in [1.82, 2.24) is 5.32 Å². The van der Waals surface area contributed by atoms with Crippen LogP contribution < -0.4 is 10.1 Å². The molecule has 0 aromatic heterocycles. The van der Waals surface area contributed by atoms with Gasteiger partial charge in [0.05, 0.1) is 6.61 Å². The summed E-state index contributed by atoms with van der Waals surface area (Å²) in [6.07, 6.45) is 5.37. The smallest absolute Gasteiger partial charge is 0.122 e. The lowest BCUT2D eigenvalue weighted by Gasteiger charge is -2.17. The molecule has 2 heteroatoms. The zero-order valence-electron chi connectivity index (χ0n) is 10.5. The summed E-state index contributed by atoms with van der Waals surface area (Å²) in [6, 6.07) is 9.21. The maximum absolute atomic E-state index is 5.73. The van der Waals surface area contributed by atoms with Crippen LogP contribution in [0.5, 0.6) is 5.75 Å². The van der Waals surface area contributed by atoms with Crippen LogP contribution >= 0.6 is 0 Å². The molecule has 1 fully saturated rings. The van der Waals surface area contributed by atoms with E-state index in [1.165, 1.54) is 31.2 Å². The Morgan fingerprint density at radius 2 is 2.18 bits per heavy atom. The van der Waals surface area contributed by atoms with E-state index in [0.29, 0.717) is 5.92 Å². The first-order valence-corrected chi connectivity index (χ1v) is 6.77. The van der Waals surface area contributed by atoms with E-state index in [2.05, 4.69) is 36.6 Å². The van der Waals surface area contributed by atoms with Crippen molar-refractivity contribution in [2.75, 3.05) is 13.7 Å². The van der Waals surface area contributed by atoms with Crippen molar-refractivity contribution < 1.29 is 4.74 Å². The molecular formula is C15H21NO. The molecule has 0 bridgehead atoms. The van der Waals surface area contributed by atoms with Crippen molar-refractivity contribution in [2.24, 2.45) is 5.92 Å². The Kier molecular flexibility index (Phi) is 3.06. The molecule has 1 aliphatic heterocycles. The van der Waals surface area contributed by atoms with Gasteiger partial charge in [-0.25, -0.2) is 0 Å². The Labute approximate surface area is 103 Å². The lowest BCUT2D eigenvalue weighted by Crippen LogP contribution is -2.27. The van der Waals surface area contributed by atoms with E-state index in [1.807, 2.05) is 0 Å². The van der Waals surface area contributed by atoms with Crippen molar-refractivity contribution in [3.05, 3.63) is 29.8 Å². The van der Waals surface area contributed by atoms with Crippen molar-refractivity contribution in [3.63, 3.8) is 0 Å². The summed E-state index contributed by atoms with van der Waals surface area (Å²) >= 11 is 0. The number of fused-ring (bicyclic) bond motifs is 1. The lowest BCUT2D eigenvalue weighted by molar-refractivity contribution is 0.315. The second-order valence-corrected chi connectivity index (χ2v) is 5.36. The van der Waals surface area contributed by atoms with Crippen molar-refractivity contribution in [3.8, 4) is 5.75 Å². The standard InChI is InChI=1S/C15H21NO/c1-16-14(11-6-7-11)9-8-12-10-17-15-5-3-2-4-13(12)15/h2-5,11-12,14,16H,6-10H2,1H3. The molecule has 2 atom stereocenters. The van der Waals surface area contributed by atoms with Gasteiger partial charge in [0.1, 0.15) is 5.75 Å². The number of para-hydroxylation sites is 1. The second-order valence-electron chi connectivity index (χ2n) is 5.36. The van der Waals surface area contributed by atoms with Gasteiger partial charge in [-0.2, -0.15) is 0 Å². The van der Waals surface area contributed by atoms with Gasteiger partial charge in [-0.05, 0) is 44.7 Å². The molecule has 0 radical (unpaired) electrons. The van der Waals surface area contributed by atoms with Gasteiger partial charge in [-0.15, -0.1) is 0 Å². The molecule has 0 spiro atoms. The highest BCUT2D eigenvalue weighted by Crippen LogP contribution is 2.39. The summed E-state index contributed by atoms with van der Waals surface area (Å²) < 4.78 is 5.73. The average molecular weight is 231 g/mol. The van der Waals surface area contributed by atoms with Gasteiger partial charge >= 0.3 is 0 Å². The van der Waals surface area contributed by atoms with E-state index in [1.54, 1.807) is 0 Å². The molecule has 2 aliphatic rings. The fourth-order valence-corrected chi connectivity index (χ4v) is 2.96. The molecule has 1 aromatic rings. The van der Waals surface area contributed by atoms with E-state index in [0.717, 1.165) is 24.3 Å². The minimum Gasteiger partial charge on any atom is -0.493 e. The molecule has 3 rings (SSSR count). The first-order chi connectivity index (χ1) is 8.38. The molecule has 1 heterocycles. The largest absolute Gasteiger partial charge is 0.493 e. The minimum atomic E-state index is 0.612. The maximum atomic E-state index is 5.73. The minimum absolute atomic E-state index is 0.612. The van der Waals surface area contributed by atoms with Gasteiger partial charge < -0.3 is 10.1 Å². The summed E-state index contributed by atoms with van der Waals surface area (Å²) in [6.45, 7) is 0.875. The Morgan fingerprint density at radius 3 is 2.94 bits per heavy atom. The molecule has 2 unspecified atom stereocenters. The summed E-state index contributed by atoms with van der Waals surface area (Å²) in [4.78, 5) is 0. The van der Waals surface area contributed by atoms with Crippen molar-refractivity contribution >= 4 is 0 Å². The third-order valence-corrected chi connectivity index (χ3v) is 4.19. The van der Waals surface area contributed by atoms with Gasteiger partial charge in [-0.1, -0.05) is 18.2 Å². The van der Waals surface area contributed by atoms with E-state index < -0.39 is 0 Å². The molecule has 1 N–H and O–H groups in total. The zero-order chi connectivity index (χ0) is 11.7. The topological polar surface area (TPSA) is 21.3 Å². The number of ether oxygens (including phenoxy) is 1. The molecular weight excluding hydrogens is 210 g/mol. The Morgan fingerprint density at radius 1 is 1.35 bits per heavy atom. The van der Waals surface area contributed by atoms with Gasteiger partial charge in [0.15, 0.2) is 0 Å². The second kappa shape index (κ2) is 4.69. The first-order valence-electron chi connectivity index (χ1n) is 6.77. The van der Waals surface area contributed by atoms with Crippen LogP contribution in [0, 0.1) is 5.92 Å². The van der Waals surface area contributed by atoms with Crippen LogP contribution in [0.15, 0.2) is 24.3 Å². The van der Waals surface area contributed by atoms with Crippen molar-refractivity contribution in [2.45, 2.75) is 37.6 Å². The molecule has 1 aliphatic carbocycles. The van der Waals surface area contributed by atoms with Crippen LogP contribution in [0.4, 0.5) is 0 Å². The molecule has 1 aromatic carbocycles. The van der Waals surface area contributed by atoms with E-state index >= 15 is 0 Å². The number of hydrogen-bond donors (Lipinski definition) is 1. The monoisotopic (exact) mass is 231 g/mol. The molecule has 0 saturated heterocycles. The first kappa shape index (κ1) is 11.1. The van der Waals surface area contributed by atoms with Gasteiger partial charge in [0, 0.05) is 17.5 Å². The van der Waals surface area contributed by atoms with Crippen LogP contribution in [0.2, 0.25) is 0 Å². The van der Waals surface area contributed by atoms with Crippen molar-refractivity contribution in [1.29, 1.82) is 0 Å². The highest BCUT2D eigenvalue weighted by atomic mass is 16.5. The predicted octanol–water partition coefficient (Wildman–Crippen LogP) is 2.94. The lowest BCUT2D eigenvalue weighted by atomic mass is 9.93. The summed E-state index contributed by atoms with van der Waals surface area (Å²) in [5.74, 6) is 2.66. The van der Waals surface area contributed by atoms with Crippen LogP contribution in [0.25, 0.3) is 0 Å². The van der Waals surface area contributed by atoms with E-state index in [9.17, 15) is 0 Å². The SMILES string of the molecule is CNC(CCC1COc2ccccc21)C1CC1. The molecule has 17 heavy (non-hydrogen) atoms. The zero-order valence-corrected chi connectivity index (χ0v) is 10.5. The van der Waals surface area contributed by atoms with E-state index in [4.69, 9.17) is 4.74 Å². The number of rotatable bonds is 5. The van der Waals surface area contributed by atoms with Crippen LogP contribution in [0.3, 0.4) is 0 Å². The normalized spacial score (nSPS) is 24.2. The fourth-order valence-electron chi connectivity index (χ4n) is 2.96. The van der Waals surface area contributed by atoms with Crippen LogP contribution in [-0.4, -0.2) is 19.7 Å². The van der Waals surface area contributed by atoms with Crippen LogP contribution in [-0.2, 0) is 0 Å². The summed E-state index contributed by atoms with van der Waals surface area (Å²) in [7, 11) is 2.10. The fraction of sp³-hybridized carbons (Fsp3) is 0.600. The number of nitrogens with one attached hydrogen (secondary N) is 1. The van der Waals surface area contributed by atoms with Crippen LogP contribution in [0.1, 0.15) is 37.2 Å². The Balaban J connectivity index is 1.59. The quantitative estimate of drug-likeness (QED) is 0.841. The molecule has 0 amide bonds. The maximum Gasteiger partial charge on any atom is 0.122 e. The van der Waals surface area contributed by atoms with Gasteiger partial charge in [-0.3, -0.25) is 0 Å². The summed E-state index contributed by atoms with van der Waals surface area (Å²) in [5, 5.41) is 3.47. The molecule has 1 saturated carbocycles. The number of benzene rings is 1. The molecule has 2 nitrogen and oxygen atoms in total. The highest BCUT2D eigenvalue weighted by molar-refractivity contribution is 5.39.